The van der Waals surface area contributed by atoms with E-state index in [-0.39, 0.29) is 23.9 Å². The molecule has 1 aliphatic carbocycles. The van der Waals surface area contributed by atoms with Crippen LogP contribution < -0.4 is 15.4 Å². The lowest BCUT2D eigenvalue weighted by Gasteiger charge is -2.15. The van der Waals surface area contributed by atoms with E-state index < -0.39 is 9.84 Å². The van der Waals surface area contributed by atoms with E-state index in [0.29, 0.717) is 23.8 Å². The minimum atomic E-state index is -3.07. The Bertz CT molecular complexity index is 1640. The number of sulfone groups is 1. The molecule has 4 aromatic rings. The molecule has 1 fully saturated rings. The molecule has 2 aromatic carbocycles. The highest BCUT2D eigenvalue weighted by molar-refractivity contribution is 7.90. The van der Waals surface area contributed by atoms with Crippen LogP contribution in [-0.2, 0) is 16.9 Å². The summed E-state index contributed by atoms with van der Waals surface area (Å²) in [5.74, 6) is 2.06. The van der Waals surface area contributed by atoms with Crippen LogP contribution in [0.15, 0.2) is 54.7 Å². The topological polar surface area (TPSA) is 115 Å². The molecule has 10 heteroatoms. The third-order valence-electron chi connectivity index (χ3n) is 7.36. The number of hydrogen-bond acceptors (Lipinski definition) is 7. The standard InChI is InChI=1S/C30H35N5O4S/c1-20-9-10-22(17-25(20)21-7-4-5-8-21)33-30-34-26-18-23(11-12-28(26)35(30)2)39-24-13-15-31-27(19-24)29(36)32-14-6-16-40(3,37)38/h9-13,15,17-19,21H,4-8,14,16H2,1-3H3,(H,32,36)(H,33,34). The first-order chi connectivity index (χ1) is 19.2. The third kappa shape index (κ3) is 6.62. The number of rotatable bonds is 10. The molecule has 0 unspecified atom stereocenters. The number of hydrogen-bond donors (Lipinski definition) is 2. The van der Waals surface area contributed by atoms with Crippen LogP contribution in [0.25, 0.3) is 11.0 Å². The fourth-order valence-electron chi connectivity index (χ4n) is 5.24. The molecule has 9 nitrogen and oxygen atoms in total. The van der Waals surface area contributed by atoms with Crippen LogP contribution in [0.3, 0.4) is 0 Å². The van der Waals surface area contributed by atoms with Gasteiger partial charge in [0, 0.05) is 43.9 Å². The van der Waals surface area contributed by atoms with Crippen molar-refractivity contribution in [3.05, 3.63) is 71.5 Å². The molecule has 1 aliphatic rings. The van der Waals surface area contributed by atoms with Gasteiger partial charge in [-0.1, -0.05) is 18.9 Å². The van der Waals surface area contributed by atoms with Crippen molar-refractivity contribution in [1.29, 1.82) is 0 Å². The van der Waals surface area contributed by atoms with Gasteiger partial charge in [-0.25, -0.2) is 13.4 Å². The Labute approximate surface area is 234 Å². The average molecular weight is 562 g/mol. The van der Waals surface area contributed by atoms with E-state index in [2.05, 4.69) is 40.7 Å². The molecule has 2 heterocycles. The van der Waals surface area contributed by atoms with Crippen LogP contribution in [0.5, 0.6) is 11.5 Å². The third-order valence-corrected chi connectivity index (χ3v) is 8.39. The number of aromatic nitrogens is 3. The van der Waals surface area contributed by atoms with Gasteiger partial charge in [-0.3, -0.25) is 9.78 Å². The SMILES string of the molecule is Cc1ccc(Nc2nc3cc(Oc4ccnc(C(=O)NCCCS(C)(=O)=O)c4)ccc3n2C)cc1C1CCCC1. The fraction of sp³-hybridized carbons (Fsp3) is 0.367. The van der Waals surface area contributed by atoms with Crippen molar-refractivity contribution in [2.75, 3.05) is 23.9 Å². The Hall–Kier alpha value is -3.92. The molecule has 0 bridgehead atoms. The van der Waals surface area contributed by atoms with Crippen molar-refractivity contribution in [3.8, 4) is 11.5 Å². The van der Waals surface area contributed by atoms with E-state index in [0.717, 1.165) is 22.7 Å². The summed E-state index contributed by atoms with van der Waals surface area (Å²) in [6.45, 7) is 2.43. The monoisotopic (exact) mass is 561 g/mol. The molecular formula is C30H35N5O4S. The van der Waals surface area contributed by atoms with Gasteiger partial charge in [-0.2, -0.15) is 0 Å². The van der Waals surface area contributed by atoms with Crippen molar-refractivity contribution < 1.29 is 17.9 Å². The number of nitrogens with one attached hydrogen (secondary N) is 2. The number of ether oxygens (including phenoxy) is 1. The van der Waals surface area contributed by atoms with Gasteiger partial charge >= 0.3 is 0 Å². The second-order valence-electron chi connectivity index (χ2n) is 10.5. The summed E-state index contributed by atoms with van der Waals surface area (Å²) in [6.07, 6.45) is 8.14. The Balaban J connectivity index is 1.28. The summed E-state index contributed by atoms with van der Waals surface area (Å²) in [5.41, 5.74) is 5.73. The summed E-state index contributed by atoms with van der Waals surface area (Å²) in [7, 11) is -1.09. The van der Waals surface area contributed by atoms with Gasteiger partial charge in [0.2, 0.25) is 5.95 Å². The van der Waals surface area contributed by atoms with Crippen LogP contribution in [0.4, 0.5) is 11.6 Å². The molecule has 0 aliphatic heterocycles. The van der Waals surface area contributed by atoms with Gasteiger partial charge in [0.25, 0.3) is 5.91 Å². The van der Waals surface area contributed by atoms with E-state index in [4.69, 9.17) is 9.72 Å². The average Bonchev–Trinajstić information content (AvgIpc) is 3.56. The summed E-state index contributed by atoms with van der Waals surface area (Å²) in [6, 6.07) is 15.5. The molecule has 210 valence electrons. The normalized spacial score (nSPS) is 14.0. The number of imidazole rings is 1. The van der Waals surface area contributed by atoms with Gasteiger partial charge in [0.15, 0.2) is 0 Å². The zero-order valence-electron chi connectivity index (χ0n) is 23.1. The highest BCUT2D eigenvalue weighted by Crippen LogP contribution is 2.37. The summed E-state index contributed by atoms with van der Waals surface area (Å²) >= 11 is 0. The van der Waals surface area contributed by atoms with Crippen molar-refractivity contribution in [3.63, 3.8) is 0 Å². The lowest BCUT2D eigenvalue weighted by molar-refractivity contribution is 0.0948. The number of benzene rings is 2. The molecule has 0 spiro atoms. The molecule has 0 radical (unpaired) electrons. The number of aryl methyl sites for hydroxylation is 2. The minimum Gasteiger partial charge on any atom is -0.457 e. The smallest absolute Gasteiger partial charge is 0.270 e. The molecule has 1 amide bonds. The first kappa shape index (κ1) is 27.6. The Morgan fingerprint density at radius 1 is 1.07 bits per heavy atom. The predicted molar refractivity (Wildman–Crippen MR) is 157 cm³/mol. The van der Waals surface area contributed by atoms with Crippen molar-refractivity contribution in [1.82, 2.24) is 19.9 Å². The molecule has 2 N–H and O–H groups in total. The van der Waals surface area contributed by atoms with E-state index in [1.807, 2.05) is 29.8 Å². The van der Waals surface area contributed by atoms with Crippen LogP contribution >= 0.6 is 0 Å². The van der Waals surface area contributed by atoms with E-state index in [1.54, 1.807) is 12.1 Å². The van der Waals surface area contributed by atoms with Crippen LogP contribution in [-0.4, -0.2) is 47.4 Å². The van der Waals surface area contributed by atoms with Gasteiger partial charge in [-0.15, -0.1) is 0 Å². The van der Waals surface area contributed by atoms with Crippen LogP contribution in [0, 0.1) is 6.92 Å². The van der Waals surface area contributed by atoms with E-state index in [9.17, 15) is 13.2 Å². The summed E-state index contributed by atoms with van der Waals surface area (Å²) < 4.78 is 30.6. The molecule has 0 atom stereocenters. The molecule has 0 saturated heterocycles. The number of nitrogens with zero attached hydrogens (tertiary/aromatic N) is 3. The number of pyridine rings is 1. The number of carbonyl (C=O) groups is 1. The number of fused-ring (bicyclic) bond motifs is 1. The second-order valence-corrected chi connectivity index (χ2v) is 12.8. The first-order valence-corrected chi connectivity index (χ1v) is 15.7. The first-order valence-electron chi connectivity index (χ1n) is 13.6. The molecule has 2 aromatic heterocycles. The highest BCUT2D eigenvalue weighted by Gasteiger charge is 2.19. The van der Waals surface area contributed by atoms with E-state index in [1.165, 1.54) is 49.3 Å². The maximum absolute atomic E-state index is 12.5. The number of anilines is 2. The molecular weight excluding hydrogens is 526 g/mol. The maximum atomic E-state index is 12.5. The Morgan fingerprint density at radius 3 is 2.62 bits per heavy atom. The van der Waals surface area contributed by atoms with E-state index >= 15 is 0 Å². The zero-order chi connectivity index (χ0) is 28.3. The van der Waals surface area contributed by atoms with Crippen molar-refractivity contribution in [2.24, 2.45) is 7.05 Å². The quantitative estimate of drug-likeness (QED) is 0.241. The van der Waals surface area contributed by atoms with Crippen LogP contribution in [0.2, 0.25) is 0 Å². The number of carbonyl (C=O) groups excluding carboxylic acids is 1. The number of amides is 1. The molecule has 1 saturated carbocycles. The van der Waals surface area contributed by atoms with Gasteiger partial charge in [0.05, 0.1) is 16.8 Å². The molecule has 40 heavy (non-hydrogen) atoms. The summed E-state index contributed by atoms with van der Waals surface area (Å²) in [4.78, 5) is 21.4. The fourth-order valence-corrected chi connectivity index (χ4v) is 5.91. The molecule has 5 rings (SSSR count). The van der Waals surface area contributed by atoms with Crippen molar-refractivity contribution in [2.45, 2.75) is 44.9 Å². The Kier molecular flexibility index (Phi) is 8.07. The van der Waals surface area contributed by atoms with Gasteiger partial charge in [-0.05, 0) is 73.6 Å². The summed E-state index contributed by atoms with van der Waals surface area (Å²) in [5, 5.41) is 6.19. The zero-order valence-corrected chi connectivity index (χ0v) is 23.9. The van der Waals surface area contributed by atoms with Gasteiger partial charge in [0.1, 0.15) is 27.0 Å². The van der Waals surface area contributed by atoms with Crippen molar-refractivity contribution >= 4 is 38.4 Å². The minimum absolute atomic E-state index is 0.0175. The Morgan fingerprint density at radius 2 is 1.85 bits per heavy atom. The lowest BCUT2D eigenvalue weighted by atomic mass is 9.93. The maximum Gasteiger partial charge on any atom is 0.270 e. The highest BCUT2D eigenvalue weighted by atomic mass is 32.2. The second kappa shape index (κ2) is 11.7. The largest absolute Gasteiger partial charge is 0.457 e. The lowest BCUT2D eigenvalue weighted by Crippen LogP contribution is -2.26. The predicted octanol–water partition coefficient (Wildman–Crippen LogP) is 5.63. The van der Waals surface area contributed by atoms with Crippen LogP contribution in [0.1, 0.15) is 59.6 Å². The van der Waals surface area contributed by atoms with Gasteiger partial charge < -0.3 is 19.9 Å².